The number of aromatic nitrogens is 1. The third kappa shape index (κ3) is 4.82. The van der Waals surface area contributed by atoms with Crippen LogP contribution in [0.4, 0.5) is 0 Å². The fourth-order valence-corrected chi connectivity index (χ4v) is 3.76. The Morgan fingerprint density at radius 2 is 1.89 bits per heavy atom. The number of nitrogens with one attached hydrogen (secondary N) is 1. The summed E-state index contributed by atoms with van der Waals surface area (Å²) in [5.74, 6) is 1.02. The van der Waals surface area contributed by atoms with Crippen LogP contribution in [0.1, 0.15) is 24.1 Å². The summed E-state index contributed by atoms with van der Waals surface area (Å²) in [6.07, 6.45) is 4.15. The zero-order valence-corrected chi connectivity index (χ0v) is 18.1. The second-order valence-electron chi connectivity index (χ2n) is 7.30. The molecule has 1 saturated carbocycles. The molecule has 7 heteroatoms. The van der Waals surface area contributed by atoms with Crippen molar-refractivity contribution in [2.75, 3.05) is 39.8 Å². The highest BCUT2D eigenvalue weighted by molar-refractivity contribution is 14.0. The Kier molecular flexibility index (Phi) is 6.75. The molecule has 0 amide bonds. The van der Waals surface area contributed by atoms with Crippen molar-refractivity contribution in [3.8, 4) is 0 Å². The fourth-order valence-electron chi connectivity index (χ4n) is 3.76. The summed E-state index contributed by atoms with van der Waals surface area (Å²) in [4.78, 5) is 9.29. The maximum atomic E-state index is 4.92. The first-order valence-electron chi connectivity index (χ1n) is 9.42. The average molecular weight is 481 g/mol. The average Bonchev–Trinajstić information content (AvgIpc) is 3.32. The van der Waals surface area contributed by atoms with Crippen LogP contribution < -0.4 is 5.32 Å². The number of halogens is 1. The standard InChI is InChI=1S/C20H27N5O.HI/c1-21-19(22-16-20(8-9-20)17-5-3-2-4-6-17)25-12-10-24(11-13-25)15-18-7-14-26-23-18;/h2-7,14H,8-13,15-16H2,1H3,(H,21,22);1H. The van der Waals surface area contributed by atoms with E-state index in [0.29, 0.717) is 5.41 Å². The molecule has 1 saturated heterocycles. The summed E-state index contributed by atoms with van der Waals surface area (Å²) < 4.78 is 4.92. The summed E-state index contributed by atoms with van der Waals surface area (Å²) in [6, 6.07) is 12.8. The lowest BCUT2D eigenvalue weighted by Crippen LogP contribution is -2.53. The van der Waals surface area contributed by atoms with Crippen LogP contribution in [0.15, 0.2) is 52.2 Å². The molecule has 1 aliphatic heterocycles. The summed E-state index contributed by atoms with van der Waals surface area (Å²) in [7, 11) is 1.88. The van der Waals surface area contributed by atoms with Crippen molar-refractivity contribution < 1.29 is 4.52 Å². The molecule has 2 aromatic rings. The Bertz CT molecular complexity index is 722. The Morgan fingerprint density at radius 3 is 2.48 bits per heavy atom. The largest absolute Gasteiger partial charge is 0.364 e. The van der Waals surface area contributed by atoms with Crippen LogP contribution in [0.25, 0.3) is 0 Å². The van der Waals surface area contributed by atoms with Crippen LogP contribution in [-0.2, 0) is 12.0 Å². The lowest BCUT2D eigenvalue weighted by atomic mass is 9.96. The van der Waals surface area contributed by atoms with Gasteiger partial charge in [0, 0.05) is 57.8 Å². The SMILES string of the molecule is CN=C(NCC1(c2ccccc2)CC1)N1CCN(Cc2ccon2)CC1.I. The summed E-state index contributed by atoms with van der Waals surface area (Å²) in [5, 5.41) is 7.64. The van der Waals surface area contributed by atoms with Crippen LogP contribution in [-0.4, -0.2) is 60.7 Å². The molecular formula is C20H28IN5O. The van der Waals surface area contributed by atoms with Crippen LogP contribution >= 0.6 is 24.0 Å². The molecule has 2 heterocycles. The molecule has 0 unspecified atom stereocenters. The molecule has 0 bridgehead atoms. The van der Waals surface area contributed by atoms with E-state index in [-0.39, 0.29) is 24.0 Å². The number of benzene rings is 1. The van der Waals surface area contributed by atoms with Crippen molar-refractivity contribution in [3.63, 3.8) is 0 Å². The molecule has 1 aromatic heterocycles. The van der Waals surface area contributed by atoms with E-state index >= 15 is 0 Å². The van der Waals surface area contributed by atoms with E-state index in [0.717, 1.165) is 50.9 Å². The molecule has 2 fully saturated rings. The first-order chi connectivity index (χ1) is 12.8. The van der Waals surface area contributed by atoms with Gasteiger partial charge in [0.05, 0.1) is 5.69 Å². The van der Waals surface area contributed by atoms with Crippen molar-refractivity contribution in [2.24, 2.45) is 4.99 Å². The fraction of sp³-hybridized carbons (Fsp3) is 0.500. The van der Waals surface area contributed by atoms with Crippen LogP contribution in [0, 0.1) is 0 Å². The first-order valence-corrected chi connectivity index (χ1v) is 9.42. The molecule has 1 aromatic carbocycles. The number of hydrogen-bond acceptors (Lipinski definition) is 4. The topological polar surface area (TPSA) is 56.9 Å². The van der Waals surface area contributed by atoms with Crippen molar-refractivity contribution in [3.05, 3.63) is 53.9 Å². The second kappa shape index (κ2) is 9.05. The number of guanidine groups is 1. The molecule has 6 nitrogen and oxygen atoms in total. The number of hydrogen-bond donors (Lipinski definition) is 1. The minimum atomic E-state index is 0. The zero-order valence-electron chi connectivity index (χ0n) is 15.8. The number of rotatable bonds is 5. The van der Waals surface area contributed by atoms with Gasteiger partial charge >= 0.3 is 0 Å². The van der Waals surface area contributed by atoms with Gasteiger partial charge in [-0.15, -0.1) is 24.0 Å². The summed E-state index contributed by atoms with van der Waals surface area (Å²) >= 11 is 0. The molecule has 1 aliphatic carbocycles. The molecule has 1 N–H and O–H groups in total. The van der Waals surface area contributed by atoms with Crippen molar-refractivity contribution in [1.29, 1.82) is 0 Å². The van der Waals surface area contributed by atoms with Gasteiger partial charge in [0.15, 0.2) is 5.96 Å². The Labute approximate surface area is 178 Å². The van der Waals surface area contributed by atoms with Gasteiger partial charge in [0.25, 0.3) is 0 Å². The second-order valence-corrected chi connectivity index (χ2v) is 7.30. The van der Waals surface area contributed by atoms with Gasteiger partial charge < -0.3 is 14.7 Å². The van der Waals surface area contributed by atoms with E-state index in [4.69, 9.17) is 4.52 Å². The van der Waals surface area contributed by atoms with Crippen molar-refractivity contribution in [1.82, 2.24) is 20.3 Å². The van der Waals surface area contributed by atoms with Crippen molar-refractivity contribution in [2.45, 2.75) is 24.8 Å². The van der Waals surface area contributed by atoms with Gasteiger partial charge in [-0.2, -0.15) is 0 Å². The molecule has 2 aliphatic rings. The normalized spacial score (nSPS) is 19.4. The van der Waals surface area contributed by atoms with Crippen LogP contribution in [0.5, 0.6) is 0 Å². The monoisotopic (exact) mass is 481 g/mol. The van der Waals surface area contributed by atoms with Gasteiger partial charge in [-0.05, 0) is 18.4 Å². The molecule has 0 atom stereocenters. The smallest absolute Gasteiger partial charge is 0.193 e. The highest BCUT2D eigenvalue weighted by Crippen LogP contribution is 2.47. The van der Waals surface area contributed by atoms with E-state index in [2.05, 4.69) is 55.6 Å². The molecule has 146 valence electrons. The number of piperazine rings is 1. The van der Waals surface area contributed by atoms with Crippen LogP contribution in [0.3, 0.4) is 0 Å². The van der Waals surface area contributed by atoms with E-state index < -0.39 is 0 Å². The zero-order chi connectivity index (χ0) is 17.8. The van der Waals surface area contributed by atoms with E-state index in [1.807, 2.05) is 13.1 Å². The van der Waals surface area contributed by atoms with Gasteiger partial charge in [-0.25, -0.2) is 0 Å². The number of nitrogens with zero attached hydrogens (tertiary/aromatic N) is 4. The predicted octanol–water partition coefficient (Wildman–Crippen LogP) is 2.72. The maximum Gasteiger partial charge on any atom is 0.193 e. The molecule has 0 radical (unpaired) electrons. The van der Waals surface area contributed by atoms with Crippen LogP contribution in [0.2, 0.25) is 0 Å². The minimum absolute atomic E-state index is 0. The van der Waals surface area contributed by atoms with E-state index in [1.54, 1.807) is 6.26 Å². The maximum absolute atomic E-state index is 4.92. The Hall–Kier alpha value is -1.61. The highest BCUT2D eigenvalue weighted by Gasteiger charge is 2.44. The molecule has 4 rings (SSSR count). The van der Waals surface area contributed by atoms with Gasteiger partial charge in [0.1, 0.15) is 6.26 Å². The van der Waals surface area contributed by atoms with E-state index in [9.17, 15) is 0 Å². The van der Waals surface area contributed by atoms with Gasteiger partial charge in [-0.1, -0.05) is 35.5 Å². The third-order valence-electron chi connectivity index (χ3n) is 5.59. The lowest BCUT2D eigenvalue weighted by Gasteiger charge is -2.36. The third-order valence-corrected chi connectivity index (χ3v) is 5.59. The quantitative estimate of drug-likeness (QED) is 0.405. The Balaban J connectivity index is 0.00000210. The molecule has 0 spiro atoms. The summed E-state index contributed by atoms with van der Waals surface area (Å²) in [6.45, 7) is 5.80. The molecular weight excluding hydrogens is 453 g/mol. The van der Waals surface area contributed by atoms with Gasteiger partial charge in [0.2, 0.25) is 0 Å². The predicted molar refractivity (Wildman–Crippen MR) is 117 cm³/mol. The lowest BCUT2D eigenvalue weighted by molar-refractivity contribution is 0.169. The number of aliphatic imine (C=N–C) groups is 1. The minimum Gasteiger partial charge on any atom is -0.364 e. The van der Waals surface area contributed by atoms with Crippen molar-refractivity contribution >= 4 is 29.9 Å². The van der Waals surface area contributed by atoms with E-state index in [1.165, 1.54) is 18.4 Å². The first kappa shape index (κ1) is 20.1. The summed E-state index contributed by atoms with van der Waals surface area (Å²) in [5.41, 5.74) is 2.74. The highest BCUT2D eigenvalue weighted by atomic mass is 127. The Morgan fingerprint density at radius 1 is 1.15 bits per heavy atom. The van der Waals surface area contributed by atoms with Gasteiger partial charge in [-0.3, -0.25) is 9.89 Å². The molecule has 27 heavy (non-hydrogen) atoms.